The molecular formula is C20H18F4N4O2S. The van der Waals surface area contributed by atoms with Crippen molar-refractivity contribution < 1.29 is 27.1 Å². The largest absolute Gasteiger partial charge is 0.433 e. The highest BCUT2D eigenvalue weighted by Crippen LogP contribution is 2.57. The van der Waals surface area contributed by atoms with Crippen LogP contribution >= 0.6 is 11.8 Å². The third-order valence-electron chi connectivity index (χ3n) is 5.39. The summed E-state index contributed by atoms with van der Waals surface area (Å²) < 4.78 is 58.0. The van der Waals surface area contributed by atoms with Crippen LogP contribution in [0.1, 0.15) is 35.0 Å². The maximum atomic E-state index is 14.7. The number of aromatic nitrogens is 1. The van der Waals surface area contributed by atoms with Gasteiger partial charge in [-0.15, -0.1) is 0 Å². The van der Waals surface area contributed by atoms with Crippen LogP contribution in [0.2, 0.25) is 0 Å². The predicted molar refractivity (Wildman–Crippen MR) is 108 cm³/mol. The van der Waals surface area contributed by atoms with Crippen molar-refractivity contribution in [2.45, 2.75) is 37.7 Å². The lowest BCUT2D eigenvalue weighted by Gasteiger charge is -2.30. The van der Waals surface area contributed by atoms with E-state index in [1.807, 2.05) is 0 Å². The van der Waals surface area contributed by atoms with Crippen LogP contribution in [0.25, 0.3) is 0 Å². The van der Waals surface area contributed by atoms with Crippen molar-refractivity contribution in [1.29, 1.82) is 0 Å². The number of alkyl halides is 2. The molecule has 1 aromatic heterocycles. The van der Waals surface area contributed by atoms with Gasteiger partial charge in [0.15, 0.2) is 16.8 Å². The van der Waals surface area contributed by atoms with Gasteiger partial charge in [0.05, 0.1) is 11.7 Å². The SMILES string of the molecule is Cc1cc(OC(F)F)cnc1C(=O)Nc1cc(F)c(F)c([C@@]2(C)N=C(N)SC3CC32)c1. The molecule has 2 aliphatic rings. The summed E-state index contributed by atoms with van der Waals surface area (Å²) in [5.74, 6) is -3.08. The zero-order valence-electron chi connectivity index (χ0n) is 16.5. The number of halogens is 4. The Labute approximate surface area is 179 Å². The molecule has 1 aromatic carbocycles. The molecule has 1 aliphatic heterocycles. The third kappa shape index (κ3) is 4.06. The fourth-order valence-corrected chi connectivity index (χ4v) is 5.11. The van der Waals surface area contributed by atoms with E-state index in [-0.39, 0.29) is 39.4 Å². The summed E-state index contributed by atoms with van der Waals surface area (Å²) >= 11 is 1.42. The van der Waals surface area contributed by atoms with E-state index in [0.717, 1.165) is 18.7 Å². The first-order chi connectivity index (χ1) is 14.6. The number of nitrogens with one attached hydrogen (secondary N) is 1. The average molecular weight is 454 g/mol. The Morgan fingerprint density at radius 2 is 2.10 bits per heavy atom. The summed E-state index contributed by atoms with van der Waals surface area (Å²) in [7, 11) is 0. The molecule has 11 heteroatoms. The Balaban J connectivity index is 1.63. The number of fused-ring (bicyclic) bond motifs is 1. The second-order valence-corrected chi connectivity index (χ2v) is 8.84. The van der Waals surface area contributed by atoms with Gasteiger partial charge in [0.2, 0.25) is 0 Å². The molecule has 1 aliphatic carbocycles. The van der Waals surface area contributed by atoms with E-state index in [1.165, 1.54) is 30.8 Å². The van der Waals surface area contributed by atoms with Crippen molar-refractivity contribution >= 4 is 28.5 Å². The van der Waals surface area contributed by atoms with Crippen molar-refractivity contribution in [1.82, 2.24) is 4.98 Å². The predicted octanol–water partition coefficient (Wildman–Crippen LogP) is 4.19. The van der Waals surface area contributed by atoms with Crippen LogP contribution in [0.3, 0.4) is 0 Å². The number of nitrogens with two attached hydrogens (primary N) is 1. The number of amides is 1. The number of carbonyl (C=O) groups excluding carboxylic acids is 1. The Hall–Kier alpha value is -2.82. The summed E-state index contributed by atoms with van der Waals surface area (Å²) in [5.41, 5.74) is 5.04. The molecular weight excluding hydrogens is 436 g/mol. The first-order valence-corrected chi connectivity index (χ1v) is 10.2. The Bertz CT molecular complexity index is 1100. The maximum Gasteiger partial charge on any atom is 0.387 e. The number of pyridine rings is 1. The molecule has 2 aromatic rings. The topological polar surface area (TPSA) is 89.6 Å². The van der Waals surface area contributed by atoms with Crippen LogP contribution in [0.15, 0.2) is 29.4 Å². The third-order valence-corrected chi connectivity index (χ3v) is 6.55. The number of thioether (sulfide) groups is 1. The summed E-state index contributed by atoms with van der Waals surface area (Å²) in [6.45, 7) is 0.160. The second kappa shape index (κ2) is 7.70. The number of rotatable bonds is 5. The number of anilines is 1. The molecule has 2 heterocycles. The highest BCUT2D eigenvalue weighted by molar-refractivity contribution is 8.14. The van der Waals surface area contributed by atoms with Crippen molar-refractivity contribution in [2.24, 2.45) is 16.6 Å². The van der Waals surface area contributed by atoms with Gasteiger partial charge in [0, 0.05) is 28.5 Å². The molecule has 0 spiro atoms. The monoisotopic (exact) mass is 454 g/mol. The van der Waals surface area contributed by atoms with E-state index in [9.17, 15) is 22.4 Å². The number of hydrogen-bond acceptors (Lipinski definition) is 6. The number of amidine groups is 1. The molecule has 1 fully saturated rings. The van der Waals surface area contributed by atoms with Crippen LogP contribution in [-0.4, -0.2) is 27.9 Å². The lowest BCUT2D eigenvalue weighted by atomic mass is 9.86. The van der Waals surface area contributed by atoms with Gasteiger partial charge in [-0.1, -0.05) is 11.8 Å². The fourth-order valence-electron chi connectivity index (χ4n) is 3.82. The normalized spacial score (nSPS) is 24.4. The number of aliphatic imine (C=N–C) groups is 1. The van der Waals surface area contributed by atoms with Gasteiger partial charge in [-0.3, -0.25) is 9.79 Å². The zero-order chi connectivity index (χ0) is 22.5. The van der Waals surface area contributed by atoms with Gasteiger partial charge in [0.1, 0.15) is 11.4 Å². The number of aryl methyl sites for hydroxylation is 1. The van der Waals surface area contributed by atoms with Gasteiger partial charge in [0.25, 0.3) is 5.91 Å². The van der Waals surface area contributed by atoms with E-state index in [1.54, 1.807) is 6.92 Å². The van der Waals surface area contributed by atoms with E-state index < -0.39 is 29.7 Å². The molecule has 4 rings (SSSR count). The molecule has 31 heavy (non-hydrogen) atoms. The van der Waals surface area contributed by atoms with E-state index in [0.29, 0.717) is 5.17 Å². The van der Waals surface area contributed by atoms with E-state index >= 15 is 0 Å². The molecule has 3 N–H and O–H groups in total. The highest BCUT2D eigenvalue weighted by atomic mass is 32.2. The minimum absolute atomic E-state index is 0.00362. The molecule has 6 nitrogen and oxygen atoms in total. The number of carbonyl (C=O) groups is 1. The zero-order valence-corrected chi connectivity index (χ0v) is 17.3. The summed E-state index contributed by atoms with van der Waals surface area (Å²) in [6, 6.07) is 3.43. The Morgan fingerprint density at radius 1 is 1.35 bits per heavy atom. The Morgan fingerprint density at radius 3 is 2.77 bits per heavy atom. The highest BCUT2D eigenvalue weighted by Gasteiger charge is 2.56. The van der Waals surface area contributed by atoms with Crippen LogP contribution in [0.4, 0.5) is 23.2 Å². The van der Waals surface area contributed by atoms with Crippen molar-refractivity contribution in [3.63, 3.8) is 0 Å². The fraction of sp³-hybridized carbons (Fsp3) is 0.350. The van der Waals surface area contributed by atoms with Crippen LogP contribution in [0.5, 0.6) is 5.75 Å². The first-order valence-electron chi connectivity index (χ1n) is 9.33. The lowest BCUT2D eigenvalue weighted by Crippen LogP contribution is -2.32. The smallest absolute Gasteiger partial charge is 0.387 e. The van der Waals surface area contributed by atoms with Crippen molar-refractivity contribution in [3.8, 4) is 5.75 Å². The number of hydrogen-bond donors (Lipinski definition) is 2. The minimum atomic E-state index is -3.02. The van der Waals surface area contributed by atoms with Crippen molar-refractivity contribution in [2.75, 3.05) is 5.32 Å². The standard InChI is InChI=1S/C20H18F4N4O2S/c1-8-3-10(30-18(23)24)7-26-16(8)17(29)27-9-4-12(15(22)13(21)5-9)20(2)11-6-14(11)31-19(25)28-20/h3-5,7,11,14,18H,6H2,1-2H3,(H2,25,28)(H,27,29)/t11?,14?,20-/m0/s1. The van der Waals surface area contributed by atoms with E-state index in [2.05, 4.69) is 20.0 Å². The maximum absolute atomic E-state index is 14.7. The molecule has 2 unspecified atom stereocenters. The summed E-state index contributed by atoms with van der Waals surface area (Å²) in [4.78, 5) is 20.9. The van der Waals surface area contributed by atoms with Gasteiger partial charge in [-0.25, -0.2) is 13.8 Å². The summed E-state index contributed by atoms with van der Waals surface area (Å²) in [6.07, 6.45) is 1.76. The van der Waals surface area contributed by atoms with Crippen LogP contribution in [0, 0.1) is 24.5 Å². The number of nitrogens with zero attached hydrogens (tertiary/aromatic N) is 2. The van der Waals surface area contributed by atoms with Crippen LogP contribution in [-0.2, 0) is 5.54 Å². The number of benzene rings is 1. The minimum Gasteiger partial charge on any atom is -0.433 e. The van der Waals surface area contributed by atoms with Gasteiger partial charge in [-0.05, 0) is 38.0 Å². The first kappa shape index (κ1) is 21.4. The average Bonchev–Trinajstić information content (AvgIpc) is 3.44. The molecule has 164 valence electrons. The molecule has 3 atom stereocenters. The molecule has 0 radical (unpaired) electrons. The quantitative estimate of drug-likeness (QED) is 0.662. The van der Waals surface area contributed by atoms with Crippen molar-refractivity contribution in [3.05, 3.63) is 52.9 Å². The van der Waals surface area contributed by atoms with Gasteiger partial charge < -0.3 is 15.8 Å². The molecule has 1 saturated carbocycles. The van der Waals surface area contributed by atoms with E-state index in [4.69, 9.17) is 5.73 Å². The van der Waals surface area contributed by atoms with Crippen LogP contribution < -0.4 is 15.8 Å². The molecule has 1 amide bonds. The Kier molecular flexibility index (Phi) is 5.32. The second-order valence-electron chi connectivity index (χ2n) is 7.58. The molecule has 0 bridgehead atoms. The molecule has 0 saturated heterocycles. The van der Waals surface area contributed by atoms with Gasteiger partial charge in [-0.2, -0.15) is 8.78 Å². The van der Waals surface area contributed by atoms with Gasteiger partial charge >= 0.3 is 6.61 Å². The number of ether oxygens (including phenoxy) is 1. The lowest BCUT2D eigenvalue weighted by molar-refractivity contribution is -0.0501. The summed E-state index contributed by atoms with van der Waals surface area (Å²) in [5, 5.41) is 2.99.